The second-order valence-electron chi connectivity index (χ2n) is 3.22. The highest BCUT2D eigenvalue weighted by molar-refractivity contribution is 5.77. The zero-order valence-electron chi connectivity index (χ0n) is 9.70. The molecule has 82 valence electrons. The molecule has 0 aliphatic rings. The van der Waals surface area contributed by atoms with Crippen LogP contribution in [0.3, 0.4) is 0 Å². The Balaban J connectivity index is 0.000000288. The van der Waals surface area contributed by atoms with Gasteiger partial charge in [-0.05, 0) is 12.0 Å². The fourth-order valence-corrected chi connectivity index (χ4v) is 1.03. The van der Waals surface area contributed by atoms with E-state index >= 15 is 0 Å². The minimum absolute atomic E-state index is 0.343. The predicted octanol–water partition coefficient (Wildman–Crippen LogP) is 3.79. The molecule has 1 nitrogen and oxygen atoms in total. The molecular weight excluding hydrogens is 184 g/mol. The molecule has 0 aliphatic heterocycles. The number of carbonyl (C=O) groups excluding carboxylic acids is 1. The van der Waals surface area contributed by atoms with Crippen LogP contribution in [0.15, 0.2) is 43.0 Å². The number of ketones is 1. The number of hydrogen-bond acceptors (Lipinski definition) is 1. The Kier molecular flexibility index (Phi) is 8.36. The summed E-state index contributed by atoms with van der Waals surface area (Å²) >= 11 is 0. The lowest BCUT2D eigenvalue weighted by atomic mass is 10.2. The van der Waals surface area contributed by atoms with Crippen molar-refractivity contribution in [1.29, 1.82) is 0 Å². The number of benzene rings is 1. The Morgan fingerprint density at radius 2 is 1.73 bits per heavy atom. The fourth-order valence-electron chi connectivity index (χ4n) is 1.03. The number of carbonyl (C=O) groups is 1. The molecule has 0 fully saturated rings. The molecule has 0 unspecified atom stereocenters. The third-order valence-electron chi connectivity index (χ3n) is 2.01. The van der Waals surface area contributed by atoms with Crippen molar-refractivity contribution in [2.75, 3.05) is 0 Å². The van der Waals surface area contributed by atoms with Gasteiger partial charge in [-0.3, -0.25) is 4.79 Å². The monoisotopic (exact) mass is 204 g/mol. The van der Waals surface area contributed by atoms with E-state index in [1.807, 2.05) is 38.1 Å². The first-order valence-corrected chi connectivity index (χ1v) is 5.41. The van der Waals surface area contributed by atoms with Gasteiger partial charge in [-0.25, -0.2) is 0 Å². The molecule has 0 spiro atoms. The average Bonchev–Trinajstić information content (AvgIpc) is 2.31. The van der Waals surface area contributed by atoms with Crippen molar-refractivity contribution in [3.63, 3.8) is 0 Å². The van der Waals surface area contributed by atoms with Crippen LogP contribution < -0.4 is 0 Å². The van der Waals surface area contributed by atoms with Gasteiger partial charge >= 0.3 is 0 Å². The summed E-state index contributed by atoms with van der Waals surface area (Å²) in [7, 11) is 0. The highest BCUT2D eigenvalue weighted by atomic mass is 16.1. The first-order valence-electron chi connectivity index (χ1n) is 5.41. The van der Waals surface area contributed by atoms with Crippen molar-refractivity contribution in [2.24, 2.45) is 0 Å². The van der Waals surface area contributed by atoms with Gasteiger partial charge in [-0.15, -0.1) is 6.58 Å². The normalized spacial score (nSPS) is 8.67. The molecular formula is C14H20O. The lowest BCUT2D eigenvalue weighted by Gasteiger charge is -1.91. The van der Waals surface area contributed by atoms with Crippen LogP contribution in [0.1, 0.15) is 32.3 Å². The first kappa shape index (κ1) is 13.6. The SMILES string of the molecule is C=CCc1ccccc1.CCC(=O)CC. The second-order valence-corrected chi connectivity index (χ2v) is 3.22. The molecule has 0 N–H and O–H groups in total. The Hall–Kier alpha value is -1.37. The topological polar surface area (TPSA) is 17.1 Å². The maximum Gasteiger partial charge on any atom is 0.132 e. The van der Waals surface area contributed by atoms with Gasteiger partial charge in [0, 0.05) is 12.8 Å². The van der Waals surface area contributed by atoms with Crippen molar-refractivity contribution in [3.8, 4) is 0 Å². The van der Waals surface area contributed by atoms with Crippen molar-refractivity contribution in [3.05, 3.63) is 48.6 Å². The number of Topliss-reactive ketones (excluding diaryl/α,β-unsaturated/α-hetero) is 1. The minimum atomic E-state index is 0.343. The molecule has 1 rings (SSSR count). The Labute approximate surface area is 92.8 Å². The molecule has 0 amide bonds. The zero-order chi connectivity index (χ0) is 11.5. The van der Waals surface area contributed by atoms with Gasteiger partial charge in [0.1, 0.15) is 5.78 Å². The summed E-state index contributed by atoms with van der Waals surface area (Å²) in [6, 6.07) is 10.3. The summed E-state index contributed by atoms with van der Waals surface area (Å²) in [5, 5.41) is 0. The third kappa shape index (κ3) is 7.68. The van der Waals surface area contributed by atoms with E-state index in [-0.39, 0.29) is 0 Å². The molecule has 0 heterocycles. The minimum Gasteiger partial charge on any atom is -0.300 e. The summed E-state index contributed by atoms with van der Waals surface area (Å²) in [6.45, 7) is 7.42. The van der Waals surface area contributed by atoms with Gasteiger partial charge in [0.25, 0.3) is 0 Å². The summed E-state index contributed by atoms with van der Waals surface area (Å²) in [5.74, 6) is 0.343. The van der Waals surface area contributed by atoms with Crippen molar-refractivity contribution < 1.29 is 4.79 Å². The van der Waals surface area contributed by atoms with Crippen molar-refractivity contribution in [1.82, 2.24) is 0 Å². The molecule has 15 heavy (non-hydrogen) atoms. The van der Waals surface area contributed by atoms with Crippen LogP contribution in [0.25, 0.3) is 0 Å². The number of hydrogen-bond donors (Lipinski definition) is 0. The van der Waals surface area contributed by atoms with E-state index in [9.17, 15) is 4.79 Å². The number of rotatable bonds is 4. The fraction of sp³-hybridized carbons (Fsp3) is 0.357. The maximum atomic E-state index is 10.2. The van der Waals surface area contributed by atoms with Gasteiger partial charge in [-0.1, -0.05) is 50.3 Å². The van der Waals surface area contributed by atoms with E-state index in [2.05, 4.69) is 18.7 Å². The Morgan fingerprint density at radius 3 is 2.07 bits per heavy atom. The highest BCUT2D eigenvalue weighted by Gasteiger charge is 1.86. The molecule has 0 atom stereocenters. The smallest absolute Gasteiger partial charge is 0.132 e. The summed E-state index contributed by atoms with van der Waals surface area (Å²) in [6.07, 6.45) is 4.27. The van der Waals surface area contributed by atoms with E-state index in [4.69, 9.17) is 0 Å². The van der Waals surface area contributed by atoms with Crippen LogP contribution in [0.2, 0.25) is 0 Å². The molecule has 0 saturated carbocycles. The molecule has 0 radical (unpaired) electrons. The van der Waals surface area contributed by atoms with E-state index in [0.717, 1.165) is 6.42 Å². The lowest BCUT2D eigenvalue weighted by Crippen LogP contribution is -1.88. The van der Waals surface area contributed by atoms with Gasteiger partial charge in [0.2, 0.25) is 0 Å². The standard InChI is InChI=1S/C9H10.C5H10O/c1-2-6-9-7-4-3-5-8-9;1-3-5(6)4-2/h2-5,7-8H,1,6H2;3-4H2,1-2H3. The largest absolute Gasteiger partial charge is 0.300 e. The molecule has 0 saturated heterocycles. The Morgan fingerprint density at radius 1 is 1.20 bits per heavy atom. The summed E-state index contributed by atoms with van der Waals surface area (Å²) in [4.78, 5) is 10.2. The van der Waals surface area contributed by atoms with Gasteiger partial charge in [-0.2, -0.15) is 0 Å². The van der Waals surface area contributed by atoms with Crippen molar-refractivity contribution in [2.45, 2.75) is 33.1 Å². The van der Waals surface area contributed by atoms with E-state index < -0.39 is 0 Å². The Bertz CT molecular complexity index is 269. The van der Waals surface area contributed by atoms with Crippen LogP contribution in [0.5, 0.6) is 0 Å². The quantitative estimate of drug-likeness (QED) is 0.682. The van der Waals surface area contributed by atoms with Gasteiger partial charge in [0.15, 0.2) is 0 Å². The van der Waals surface area contributed by atoms with Crippen molar-refractivity contribution >= 4 is 5.78 Å². The second kappa shape index (κ2) is 9.20. The zero-order valence-corrected chi connectivity index (χ0v) is 9.70. The molecule has 0 aliphatic carbocycles. The van der Waals surface area contributed by atoms with Crippen LogP contribution in [-0.2, 0) is 11.2 Å². The molecule has 1 heteroatoms. The molecule has 0 bridgehead atoms. The van der Waals surface area contributed by atoms with Gasteiger partial charge in [0.05, 0.1) is 0 Å². The third-order valence-corrected chi connectivity index (χ3v) is 2.01. The maximum absolute atomic E-state index is 10.2. The van der Waals surface area contributed by atoms with E-state index in [1.165, 1.54) is 5.56 Å². The van der Waals surface area contributed by atoms with Crippen LogP contribution in [-0.4, -0.2) is 5.78 Å². The van der Waals surface area contributed by atoms with Gasteiger partial charge < -0.3 is 0 Å². The van der Waals surface area contributed by atoms with Crippen LogP contribution >= 0.6 is 0 Å². The molecule has 1 aromatic rings. The van der Waals surface area contributed by atoms with E-state index in [1.54, 1.807) is 0 Å². The van der Waals surface area contributed by atoms with Crippen LogP contribution in [0, 0.1) is 0 Å². The van der Waals surface area contributed by atoms with E-state index in [0.29, 0.717) is 18.6 Å². The predicted molar refractivity (Wildman–Crippen MR) is 65.9 cm³/mol. The average molecular weight is 204 g/mol. The summed E-state index contributed by atoms with van der Waals surface area (Å²) in [5.41, 5.74) is 1.33. The first-order chi connectivity index (χ1) is 7.24. The van der Waals surface area contributed by atoms with Crippen LogP contribution in [0.4, 0.5) is 0 Å². The number of allylic oxidation sites excluding steroid dienone is 1. The lowest BCUT2D eigenvalue weighted by molar-refractivity contribution is -0.118. The molecule has 1 aromatic carbocycles. The highest BCUT2D eigenvalue weighted by Crippen LogP contribution is 1.98. The molecule has 0 aromatic heterocycles. The summed E-state index contributed by atoms with van der Waals surface area (Å²) < 4.78 is 0.